The second-order valence-corrected chi connectivity index (χ2v) is 13.7. The first-order valence-electron chi connectivity index (χ1n) is 13.8. The Morgan fingerprint density at radius 3 is 2.26 bits per heavy atom. The molecule has 0 radical (unpaired) electrons. The fourth-order valence-electron chi connectivity index (χ4n) is 9.40. The molecule has 4 rings (SSSR count). The number of carboxylic acids is 1. The lowest BCUT2D eigenvalue weighted by Gasteiger charge is -2.60. The zero-order valence-corrected chi connectivity index (χ0v) is 23.1. The molecule has 194 valence electrons. The summed E-state index contributed by atoms with van der Waals surface area (Å²) in [5.74, 6) is -0.403. The molecule has 2 saturated carbocycles. The molecule has 4 aliphatic rings. The lowest BCUT2D eigenvalue weighted by Crippen LogP contribution is -2.54. The number of carboxylic acid groups (broad SMARTS) is 1. The van der Waals surface area contributed by atoms with E-state index >= 15 is 0 Å². The molecule has 0 aromatic carbocycles. The zero-order valence-electron chi connectivity index (χ0n) is 23.1. The van der Waals surface area contributed by atoms with Gasteiger partial charge in [0.25, 0.3) is 0 Å². The molecule has 0 unspecified atom stereocenters. The van der Waals surface area contributed by atoms with E-state index in [1.807, 2.05) is 0 Å². The first-order chi connectivity index (χ1) is 16.1. The molecule has 0 aromatic heterocycles. The molecule has 0 saturated heterocycles. The van der Waals surface area contributed by atoms with E-state index in [-0.39, 0.29) is 38.9 Å². The van der Waals surface area contributed by atoms with E-state index in [9.17, 15) is 19.5 Å². The van der Waals surface area contributed by atoms with Gasteiger partial charge in [-0.05, 0) is 85.9 Å². The lowest BCUT2D eigenvalue weighted by atomic mass is 9.43. The number of allylic oxidation sites excluding steroid dienone is 2. The van der Waals surface area contributed by atoms with Gasteiger partial charge in [-0.1, -0.05) is 59.3 Å². The molecule has 4 aliphatic carbocycles. The molecule has 2 fully saturated rings. The smallest absolute Gasteiger partial charge is 0.310 e. The Hall–Kier alpha value is -1.71. The van der Waals surface area contributed by atoms with E-state index in [4.69, 9.17) is 0 Å². The number of hydrogen-bond acceptors (Lipinski definition) is 3. The van der Waals surface area contributed by atoms with Crippen molar-refractivity contribution in [2.75, 3.05) is 0 Å². The molecule has 35 heavy (non-hydrogen) atoms. The van der Waals surface area contributed by atoms with Crippen LogP contribution in [-0.2, 0) is 14.4 Å². The summed E-state index contributed by atoms with van der Waals surface area (Å²) in [6, 6.07) is 0. The van der Waals surface area contributed by atoms with Crippen LogP contribution < -0.4 is 0 Å². The summed E-state index contributed by atoms with van der Waals surface area (Å²) >= 11 is 0. The van der Waals surface area contributed by atoms with E-state index in [2.05, 4.69) is 48.1 Å². The van der Waals surface area contributed by atoms with Gasteiger partial charge in [0.15, 0.2) is 5.78 Å². The third-order valence-corrected chi connectivity index (χ3v) is 12.0. The van der Waals surface area contributed by atoms with Crippen molar-refractivity contribution in [2.45, 2.75) is 106 Å². The van der Waals surface area contributed by atoms with Gasteiger partial charge in [-0.15, -0.1) is 0 Å². The quantitative estimate of drug-likeness (QED) is 0.321. The number of rotatable bonds is 6. The van der Waals surface area contributed by atoms with Crippen molar-refractivity contribution in [1.29, 1.82) is 0 Å². The molecular weight excluding hydrogens is 436 g/mol. The highest BCUT2D eigenvalue weighted by molar-refractivity contribution is 5.99. The van der Waals surface area contributed by atoms with Crippen LogP contribution in [-0.4, -0.2) is 22.6 Å². The van der Waals surface area contributed by atoms with Crippen LogP contribution in [0.4, 0.5) is 0 Å². The second-order valence-electron chi connectivity index (χ2n) is 13.7. The summed E-state index contributed by atoms with van der Waals surface area (Å²) in [7, 11) is 0. The number of carbonyl (C=O) groups excluding carboxylic acids is 2. The average molecular weight is 483 g/mol. The Morgan fingerprint density at radius 1 is 0.971 bits per heavy atom. The molecule has 0 bridgehead atoms. The highest BCUT2D eigenvalue weighted by atomic mass is 16.4. The van der Waals surface area contributed by atoms with Crippen molar-refractivity contribution in [3.8, 4) is 0 Å². The maximum atomic E-state index is 12.9. The van der Waals surface area contributed by atoms with Gasteiger partial charge in [-0.25, -0.2) is 0 Å². The van der Waals surface area contributed by atoms with Gasteiger partial charge in [0.05, 0.1) is 5.92 Å². The first kappa shape index (κ1) is 26.4. The Balaban J connectivity index is 1.61. The minimum atomic E-state index is -0.986. The van der Waals surface area contributed by atoms with Crippen molar-refractivity contribution < 1.29 is 19.5 Å². The van der Waals surface area contributed by atoms with Crippen LogP contribution in [0.3, 0.4) is 0 Å². The molecule has 7 atom stereocenters. The standard InChI is InChI=1S/C31H46O4/c1-18(17-24(32)19(2)20(3)27(34)35)21-11-15-31(8)23-9-10-25-28(4,5)26(33)13-14-29(25,6)22(23)12-16-30(21,31)7/h18,20-21,25H,2,9-17H2,1,3-8H3,(H,34,35)/t18-,20-,21-,25+,29-,30-,31+/m1/s1. The minimum absolute atomic E-state index is 0.0950. The highest BCUT2D eigenvalue weighted by Crippen LogP contribution is 2.72. The number of aliphatic carboxylic acids is 1. The number of carbonyl (C=O) groups is 3. The summed E-state index contributed by atoms with van der Waals surface area (Å²) in [4.78, 5) is 37.1. The van der Waals surface area contributed by atoms with Crippen LogP contribution in [0.1, 0.15) is 106 Å². The molecule has 0 heterocycles. The van der Waals surface area contributed by atoms with Gasteiger partial charge in [0, 0.05) is 23.8 Å². The summed E-state index contributed by atoms with van der Waals surface area (Å²) in [5.41, 5.74) is 3.73. The van der Waals surface area contributed by atoms with E-state index in [1.54, 1.807) is 18.1 Å². The first-order valence-corrected chi connectivity index (χ1v) is 13.8. The van der Waals surface area contributed by atoms with Crippen molar-refractivity contribution >= 4 is 17.5 Å². The van der Waals surface area contributed by atoms with Gasteiger partial charge in [-0.3, -0.25) is 14.4 Å². The number of hydrogen-bond donors (Lipinski definition) is 1. The number of fused-ring (bicyclic) bond motifs is 4. The third-order valence-electron chi connectivity index (χ3n) is 12.0. The van der Waals surface area contributed by atoms with Gasteiger partial charge in [0.1, 0.15) is 5.78 Å². The summed E-state index contributed by atoms with van der Waals surface area (Å²) in [6.45, 7) is 19.3. The van der Waals surface area contributed by atoms with E-state index in [0.29, 0.717) is 30.5 Å². The topological polar surface area (TPSA) is 71.4 Å². The van der Waals surface area contributed by atoms with Crippen LogP contribution >= 0.6 is 0 Å². The molecule has 0 amide bonds. The predicted octanol–water partition coefficient (Wildman–Crippen LogP) is 7.18. The van der Waals surface area contributed by atoms with Gasteiger partial charge < -0.3 is 5.11 Å². The van der Waals surface area contributed by atoms with Crippen LogP contribution in [0.25, 0.3) is 0 Å². The average Bonchev–Trinajstić information content (AvgIpc) is 3.07. The van der Waals surface area contributed by atoms with Gasteiger partial charge in [-0.2, -0.15) is 0 Å². The molecule has 0 spiro atoms. The third kappa shape index (κ3) is 3.63. The van der Waals surface area contributed by atoms with Crippen molar-refractivity contribution in [3.63, 3.8) is 0 Å². The van der Waals surface area contributed by atoms with Crippen LogP contribution in [0, 0.1) is 45.3 Å². The Bertz CT molecular complexity index is 1000. The van der Waals surface area contributed by atoms with E-state index < -0.39 is 11.9 Å². The summed E-state index contributed by atoms with van der Waals surface area (Å²) in [5, 5.41) is 9.30. The fourth-order valence-corrected chi connectivity index (χ4v) is 9.40. The van der Waals surface area contributed by atoms with E-state index in [0.717, 1.165) is 44.9 Å². The Labute approximate surface area is 212 Å². The molecule has 1 N–H and O–H groups in total. The summed E-state index contributed by atoms with van der Waals surface area (Å²) < 4.78 is 0. The second kappa shape index (κ2) is 8.42. The lowest BCUT2D eigenvalue weighted by molar-refractivity contribution is -0.141. The van der Waals surface area contributed by atoms with Crippen LogP contribution in [0.2, 0.25) is 0 Å². The SMILES string of the molecule is C=C(C(=O)C[C@@H](C)[C@H]1CC[C@@]2(C)C3=C(CC[C@]12C)[C@@]1(C)CCC(=O)C(C)(C)[C@@H]1CC3)[C@@H](C)C(=O)O. The zero-order chi connectivity index (χ0) is 26.1. The molecule has 0 aromatic rings. The maximum absolute atomic E-state index is 12.9. The Kier molecular flexibility index (Phi) is 6.34. The van der Waals surface area contributed by atoms with Crippen molar-refractivity contribution in [2.24, 2.45) is 45.3 Å². The van der Waals surface area contributed by atoms with Gasteiger partial charge >= 0.3 is 5.97 Å². The van der Waals surface area contributed by atoms with Gasteiger partial charge in [0.2, 0.25) is 0 Å². The van der Waals surface area contributed by atoms with Crippen molar-refractivity contribution in [1.82, 2.24) is 0 Å². The number of Topliss-reactive ketones (excluding diaryl/α,β-unsaturated/α-hetero) is 2. The van der Waals surface area contributed by atoms with Crippen molar-refractivity contribution in [3.05, 3.63) is 23.3 Å². The molecule has 4 heteroatoms. The monoisotopic (exact) mass is 482 g/mol. The van der Waals surface area contributed by atoms with Crippen LogP contribution in [0.5, 0.6) is 0 Å². The Morgan fingerprint density at radius 2 is 1.63 bits per heavy atom. The van der Waals surface area contributed by atoms with Crippen LogP contribution in [0.15, 0.2) is 23.3 Å². The summed E-state index contributed by atoms with van der Waals surface area (Å²) in [6.07, 6.45) is 8.79. The highest BCUT2D eigenvalue weighted by Gasteiger charge is 2.63. The predicted molar refractivity (Wildman–Crippen MR) is 139 cm³/mol. The largest absolute Gasteiger partial charge is 0.481 e. The molecular formula is C31H46O4. The normalized spacial score (nSPS) is 39.8. The fraction of sp³-hybridized carbons (Fsp3) is 0.774. The molecule has 0 aliphatic heterocycles. The number of ketones is 2. The molecule has 4 nitrogen and oxygen atoms in total. The maximum Gasteiger partial charge on any atom is 0.310 e. The minimum Gasteiger partial charge on any atom is -0.481 e. The van der Waals surface area contributed by atoms with E-state index in [1.165, 1.54) is 0 Å².